The molecule has 2 aromatic heterocycles. The first-order valence-electron chi connectivity index (χ1n) is 6.35. The lowest BCUT2D eigenvalue weighted by atomic mass is 10.2. The third-order valence-corrected chi connectivity index (χ3v) is 3.25. The molecule has 2 heterocycles. The summed E-state index contributed by atoms with van der Waals surface area (Å²) in [6.45, 7) is 0.623. The molecule has 0 bridgehead atoms. The van der Waals surface area contributed by atoms with Gasteiger partial charge in [-0.15, -0.1) is 0 Å². The number of carbonyl (C=O) groups excluding carboxylic acids is 1. The van der Waals surface area contributed by atoms with Gasteiger partial charge in [0.2, 0.25) is 0 Å². The van der Waals surface area contributed by atoms with Crippen LogP contribution in [-0.2, 0) is 11.3 Å². The Bertz CT molecular complexity index is 748. The topological polar surface area (TPSA) is 44.1 Å². The fourth-order valence-electron chi connectivity index (χ4n) is 2.32. The summed E-state index contributed by atoms with van der Waals surface area (Å²) in [5.41, 5.74) is 2.53. The van der Waals surface area contributed by atoms with Crippen LogP contribution in [0.1, 0.15) is 16.1 Å². The highest BCUT2D eigenvalue weighted by Crippen LogP contribution is 2.22. The molecule has 3 aromatic rings. The van der Waals surface area contributed by atoms with Crippen molar-refractivity contribution in [3.05, 3.63) is 66.1 Å². The first kappa shape index (κ1) is 12.4. The van der Waals surface area contributed by atoms with Crippen LogP contribution >= 0.6 is 0 Å². The van der Waals surface area contributed by atoms with Gasteiger partial charge < -0.3 is 9.30 Å². The second-order valence-electron chi connectivity index (χ2n) is 4.50. The van der Waals surface area contributed by atoms with E-state index in [1.165, 1.54) is 7.11 Å². The summed E-state index contributed by atoms with van der Waals surface area (Å²) in [6, 6.07) is 13.6. The number of rotatable bonds is 3. The Morgan fingerprint density at radius 2 is 2.00 bits per heavy atom. The van der Waals surface area contributed by atoms with Gasteiger partial charge in [-0.1, -0.05) is 24.3 Å². The number of aromatic nitrogens is 2. The number of pyridine rings is 1. The SMILES string of the molecule is COC(=O)c1cn(Cc2ccccn2)c2ccccc12. The molecule has 100 valence electrons. The third-order valence-electron chi connectivity index (χ3n) is 3.25. The summed E-state index contributed by atoms with van der Waals surface area (Å²) in [5, 5.41) is 0.898. The molecule has 1 aromatic carbocycles. The van der Waals surface area contributed by atoms with E-state index in [-0.39, 0.29) is 5.97 Å². The molecular weight excluding hydrogens is 252 g/mol. The summed E-state index contributed by atoms with van der Waals surface area (Å²) in [5.74, 6) is -0.319. The Balaban J connectivity index is 2.09. The lowest BCUT2D eigenvalue weighted by Crippen LogP contribution is -2.01. The van der Waals surface area contributed by atoms with Crippen molar-refractivity contribution in [3.8, 4) is 0 Å². The van der Waals surface area contributed by atoms with E-state index >= 15 is 0 Å². The molecule has 3 rings (SSSR count). The van der Waals surface area contributed by atoms with Gasteiger partial charge >= 0.3 is 5.97 Å². The van der Waals surface area contributed by atoms with Crippen LogP contribution in [0.4, 0.5) is 0 Å². The molecular formula is C16H14N2O2. The number of hydrogen-bond acceptors (Lipinski definition) is 3. The molecule has 0 spiro atoms. The smallest absolute Gasteiger partial charge is 0.340 e. The van der Waals surface area contributed by atoms with Crippen molar-refractivity contribution in [3.63, 3.8) is 0 Å². The van der Waals surface area contributed by atoms with E-state index in [0.717, 1.165) is 16.6 Å². The standard InChI is InChI=1S/C16H14N2O2/c1-20-16(19)14-11-18(10-12-6-4-5-9-17-12)15-8-3-2-7-13(14)15/h2-9,11H,10H2,1H3. The average molecular weight is 266 g/mol. The van der Waals surface area contributed by atoms with E-state index in [0.29, 0.717) is 12.1 Å². The minimum atomic E-state index is -0.319. The van der Waals surface area contributed by atoms with Crippen molar-refractivity contribution in [1.82, 2.24) is 9.55 Å². The highest BCUT2D eigenvalue weighted by atomic mass is 16.5. The van der Waals surface area contributed by atoms with Crippen LogP contribution in [0.15, 0.2) is 54.9 Å². The molecule has 0 fully saturated rings. The van der Waals surface area contributed by atoms with Crippen molar-refractivity contribution in [2.45, 2.75) is 6.54 Å². The number of fused-ring (bicyclic) bond motifs is 1. The number of para-hydroxylation sites is 1. The van der Waals surface area contributed by atoms with Crippen LogP contribution in [0.5, 0.6) is 0 Å². The van der Waals surface area contributed by atoms with Crippen molar-refractivity contribution >= 4 is 16.9 Å². The van der Waals surface area contributed by atoms with E-state index in [2.05, 4.69) is 4.98 Å². The Hall–Kier alpha value is -2.62. The molecule has 4 heteroatoms. The van der Waals surface area contributed by atoms with Crippen LogP contribution in [0.25, 0.3) is 10.9 Å². The van der Waals surface area contributed by atoms with E-state index in [9.17, 15) is 4.79 Å². The predicted octanol–water partition coefficient (Wildman–Crippen LogP) is 2.87. The molecule has 4 nitrogen and oxygen atoms in total. The predicted molar refractivity (Wildman–Crippen MR) is 76.6 cm³/mol. The molecule has 0 unspecified atom stereocenters. The molecule has 0 amide bonds. The largest absolute Gasteiger partial charge is 0.465 e. The molecule has 0 aliphatic carbocycles. The number of esters is 1. The van der Waals surface area contributed by atoms with E-state index in [4.69, 9.17) is 4.74 Å². The number of benzene rings is 1. The third kappa shape index (κ3) is 2.16. The Morgan fingerprint density at radius 1 is 1.20 bits per heavy atom. The van der Waals surface area contributed by atoms with Crippen molar-refractivity contribution < 1.29 is 9.53 Å². The van der Waals surface area contributed by atoms with Gasteiger partial charge in [0, 0.05) is 23.3 Å². The number of hydrogen-bond donors (Lipinski definition) is 0. The maximum absolute atomic E-state index is 11.8. The van der Waals surface area contributed by atoms with Gasteiger partial charge in [0.05, 0.1) is 24.9 Å². The molecule has 0 N–H and O–H groups in total. The molecule has 0 atom stereocenters. The van der Waals surface area contributed by atoms with Crippen molar-refractivity contribution in [2.24, 2.45) is 0 Å². The van der Waals surface area contributed by atoms with Gasteiger partial charge in [-0.25, -0.2) is 4.79 Å². The van der Waals surface area contributed by atoms with Crippen molar-refractivity contribution in [1.29, 1.82) is 0 Å². The Labute approximate surface area is 116 Å². The lowest BCUT2D eigenvalue weighted by molar-refractivity contribution is 0.0602. The zero-order valence-corrected chi connectivity index (χ0v) is 11.1. The molecule has 0 saturated heterocycles. The van der Waals surface area contributed by atoms with Gasteiger partial charge in [-0.05, 0) is 18.2 Å². The Morgan fingerprint density at radius 3 is 2.75 bits per heavy atom. The van der Waals surface area contributed by atoms with Crippen LogP contribution in [0.2, 0.25) is 0 Å². The zero-order chi connectivity index (χ0) is 13.9. The first-order valence-corrected chi connectivity index (χ1v) is 6.35. The zero-order valence-electron chi connectivity index (χ0n) is 11.1. The number of methoxy groups -OCH3 is 1. The fraction of sp³-hybridized carbons (Fsp3) is 0.125. The maximum atomic E-state index is 11.8. The first-order chi connectivity index (χ1) is 9.79. The van der Waals surface area contributed by atoms with Gasteiger partial charge in [0.1, 0.15) is 0 Å². The minimum Gasteiger partial charge on any atom is -0.465 e. The maximum Gasteiger partial charge on any atom is 0.340 e. The van der Waals surface area contributed by atoms with Gasteiger partial charge in [-0.3, -0.25) is 4.98 Å². The molecule has 0 aliphatic heterocycles. The second-order valence-corrected chi connectivity index (χ2v) is 4.50. The van der Waals surface area contributed by atoms with E-state index < -0.39 is 0 Å². The van der Waals surface area contributed by atoms with Gasteiger partial charge in [-0.2, -0.15) is 0 Å². The monoisotopic (exact) mass is 266 g/mol. The van der Waals surface area contributed by atoms with Crippen molar-refractivity contribution in [2.75, 3.05) is 7.11 Å². The summed E-state index contributed by atoms with van der Waals surface area (Å²) in [6.07, 6.45) is 3.59. The van der Waals surface area contributed by atoms with Gasteiger partial charge in [0.25, 0.3) is 0 Å². The Kier molecular flexibility index (Phi) is 3.21. The highest BCUT2D eigenvalue weighted by molar-refractivity contribution is 6.04. The van der Waals surface area contributed by atoms with E-state index in [1.54, 1.807) is 6.20 Å². The second kappa shape index (κ2) is 5.17. The number of ether oxygens (including phenoxy) is 1. The number of carbonyl (C=O) groups is 1. The van der Waals surface area contributed by atoms with Crippen LogP contribution in [0, 0.1) is 0 Å². The van der Waals surface area contributed by atoms with Crippen LogP contribution in [-0.4, -0.2) is 22.6 Å². The molecule has 0 saturated carbocycles. The molecule has 0 aliphatic rings. The average Bonchev–Trinajstić information content (AvgIpc) is 2.87. The molecule has 20 heavy (non-hydrogen) atoms. The number of nitrogens with zero attached hydrogens (tertiary/aromatic N) is 2. The lowest BCUT2D eigenvalue weighted by Gasteiger charge is -2.04. The minimum absolute atomic E-state index is 0.319. The quantitative estimate of drug-likeness (QED) is 0.685. The fourth-order valence-corrected chi connectivity index (χ4v) is 2.32. The molecule has 0 radical (unpaired) electrons. The highest BCUT2D eigenvalue weighted by Gasteiger charge is 2.15. The van der Waals surface area contributed by atoms with E-state index in [1.807, 2.05) is 53.2 Å². The van der Waals surface area contributed by atoms with Gasteiger partial charge in [0.15, 0.2) is 0 Å². The summed E-state index contributed by atoms with van der Waals surface area (Å²) >= 11 is 0. The summed E-state index contributed by atoms with van der Waals surface area (Å²) < 4.78 is 6.86. The summed E-state index contributed by atoms with van der Waals surface area (Å²) in [7, 11) is 1.40. The van der Waals surface area contributed by atoms with Crippen LogP contribution in [0.3, 0.4) is 0 Å². The summed E-state index contributed by atoms with van der Waals surface area (Å²) in [4.78, 5) is 16.2. The normalized spacial score (nSPS) is 10.7. The van der Waals surface area contributed by atoms with Crippen LogP contribution < -0.4 is 0 Å².